The summed E-state index contributed by atoms with van der Waals surface area (Å²) in [4.78, 5) is 21.7. The van der Waals surface area contributed by atoms with Crippen LogP contribution in [0.25, 0.3) is 0 Å². The summed E-state index contributed by atoms with van der Waals surface area (Å²) in [6.45, 7) is -0.261. The zero-order valence-electron chi connectivity index (χ0n) is 7.89. The SMILES string of the molecule is CC(=O)NC(CS)C(=O)NCC(F)(F)F. The molecular formula is C7H11F3N2O2S. The van der Waals surface area contributed by atoms with Crippen molar-refractivity contribution in [2.45, 2.75) is 19.1 Å². The molecule has 0 fully saturated rings. The van der Waals surface area contributed by atoms with Crippen LogP contribution >= 0.6 is 12.6 Å². The number of thiol groups is 1. The van der Waals surface area contributed by atoms with E-state index in [0.717, 1.165) is 6.92 Å². The van der Waals surface area contributed by atoms with Crippen LogP contribution in [0.2, 0.25) is 0 Å². The summed E-state index contributed by atoms with van der Waals surface area (Å²) in [7, 11) is 0. The van der Waals surface area contributed by atoms with Gasteiger partial charge in [0.15, 0.2) is 0 Å². The summed E-state index contributed by atoms with van der Waals surface area (Å²) in [5.74, 6) is -1.47. The smallest absolute Gasteiger partial charge is 0.345 e. The Bertz CT molecular complexity index is 245. The highest BCUT2D eigenvalue weighted by Crippen LogP contribution is 2.12. The normalized spacial score (nSPS) is 13.1. The maximum atomic E-state index is 11.7. The van der Waals surface area contributed by atoms with Crippen LogP contribution < -0.4 is 10.6 Å². The molecule has 2 amide bonds. The van der Waals surface area contributed by atoms with Gasteiger partial charge in [-0.05, 0) is 0 Å². The van der Waals surface area contributed by atoms with Gasteiger partial charge in [-0.3, -0.25) is 9.59 Å². The lowest BCUT2D eigenvalue weighted by molar-refractivity contribution is -0.140. The Morgan fingerprint density at radius 3 is 2.27 bits per heavy atom. The van der Waals surface area contributed by atoms with Crippen LogP contribution in [0.4, 0.5) is 13.2 Å². The predicted molar refractivity (Wildman–Crippen MR) is 50.5 cm³/mol. The Morgan fingerprint density at radius 1 is 1.40 bits per heavy atom. The van der Waals surface area contributed by atoms with Gasteiger partial charge < -0.3 is 10.6 Å². The molecule has 0 saturated carbocycles. The number of carbonyl (C=O) groups excluding carboxylic acids is 2. The largest absolute Gasteiger partial charge is 0.405 e. The van der Waals surface area contributed by atoms with Gasteiger partial charge in [0.05, 0.1) is 0 Å². The van der Waals surface area contributed by atoms with Gasteiger partial charge in [-0.1, -0.05) is 0 Å². The van der Waals surface area contributed by atoms with Crippen molar-refractivity contribution in [3.8, 4) is 0 Å². The molecule has 4 nitrogen and oxygen atoms in total. The zero-order chi connectivity index (χ0) is 12.1. The molecule has 0 saturated heterocycles. The lowest BCUT2D eigenvalue weighted by atomic mass is 10.3. The second-order valence-electron chi connectivity index (χ2n) is 2.77. The van der Waals surface area contributed by atoms with Gasteiger partial charge >= 0.3 is 6.18 Å². The fourth-order valence-corrected chi connectivity index (χ4v) is 1.01. The minimum absolute atomic E-state index is 0.0662. The quantitative estimate of drug-likeness (QED) is 0.614. The van der Waals surface area contributed by atoms with Crippen molar-refractivity contribution in [2.75, 3.05) is 12.3 Å². The minimum atomic E-state index is -4.47. The molecule has 1 unspecified atom stereocenters. The lowest BCUT2D eigenvalue weighted by Crippen LogP contribution is -2.49. The summed E-state index contributed by atoms with van der Waals surface area (Å²) >= 11 is 3.74. The number of hydrogen-bond acceptors (Lipinski definition) is 3. The van der Waals surface area contributed by atoms with Gasteiger partial charge in [0.2, 0.25) is 11.8 Å². The third kappa shape index (κ3) is 7.06. The van der Waals surface area contributed by atoms with Gasteiger partial charge in [-0.25, -0.2) is 0 Å². The van der Waals surface area contributed by atoms with E-state index < -0.39 is 30.6 Å². The number of rotatable bonds is 4. The van der Waals surface area contributed by atoms with E-state index in [1.807, 2.05) is 0 Å². The number of hydrogen-bond donors (Lipinski definition) is 3. The first-order valence-corrected chi connectivity index (χ1v) is 4.62. The standard InChI is InChI=1S/C7H11F3N2O2S/c1-4(13)12-5(2-15)6(14)11-3-7(8,9)10/h5,15H,2-3H2,1H3,(H,11,14)(H,12,13). The van der Waals surface area contributed by atoms with Crippen LogP contribution in [0.5, 0.6) is 0 Å². The molecule has 0 heterocycles. The average Bonchev–Trinajstić information content (AvgIpc) is 2.08. The van der Waals surface area contributed by atoms with Gasteiger partial charge in [0.25, 0.3) is 0 Å². The molecule has 88 valence electrons. The van der Waals surface area contributed by atoms with Crippen LogP contribution in [0.1, 0.15) is 6.92 Å². The highest BCUT2D eigenvalue weighted by atomic mass is 32.1. The molecule has 8 heteroatoms. The van der Waals surface area contributed by atoms with Crippen molar-refractivity contribution < 1.29 is 22.8 Å². The Labute approximate surface area is 90.0 Å². The molecule has 2 N–H and O–H groups in total. The second kappa shape index (κ2) is 5.84. The molecule has 0 spiro atoms. The van der Waals surface area contributed by atoms with E-state index in [-0.39, 0.29) is 5.75 Å². The van der Waals surface area contributed by atoms with E-state index in [4.69, 9.17) is 0 Å². The Balaban J connectivity index is 4.11. The second-order valence-corrected chi connectivity index (χ2v) is 3.13. The lowest BCUT2D eigenvalue weighted by Gasteiger charge is -2.15. The summed E-state index contributed by atoms with van der Waals surface area (Å²) in [5, 5.41) is 3.82. The maximum Gasteiger partial charge on any atom is 0.405 e. The molecule has 0 aliphatic carbocycles. The third-order valence-corrected chi connectivity index (χ3v) is 1.70. The van der Waals surface area contributed by atoms with Gasteiger partial charge in [0, 0.05) is 12.7 Å². The monoisotopic (exact) mass is 244 g/mol. The van der Waals surface area contributed by atoms with Gasteiger partial charge in [0.1, 0.15) is 12.6 Å². The average molecular weight is 244 g/mol. The molecule has 0 aromatic heterocycles. The van der Waals surface area contributed by atoms with Crippen molar-refractivity contribution in [2.24, 2.45) is 0 Å². The van der Waals surface area contributed by atoms with Crippen LogP contribution in [-0.4, -0.2) is 36.3 Å². The van der Waals surface area contributed by atoms with E-state index in [2.05, 4.69) is 17.9 Å². The topological polar surface area (TPSA) is 58.2 Å². The van der Waals surface area contributed by atoms with E-state index in [0.29, 0.717) is 0 Å². The first kappa shape index (κ1) is 14.1. The molecule has 0 aromatic carbocycles. The first-order chi connectivity index (χ1) is 6.76. The summed E-state index contributed by atoms with van der Waals surface area (Å²) in [6.07, 6.45) is -4.47. The van der Waals surface area contributed by atoms with Crippen LogP contribution in [0, 0.1) is 0 Å². The highest BCUT2D eigenvalue weighted by Gasteiger charge is 2.29. The summed E-state index contributed by atoms with van der Waals surface area (Å²) in [5.41, 5.74) is 0. The summed E-state index contributed by atoms with van der Waals surface area (Å²) in [6, 6.07) is -1.05. The zero-order valence-corrected chi connectivity index (χ0v) is 8.78. The predicted octanol–water partition coefficient (Wildman–Crippen LogP) is 0.0994. The fraction of sp³-hybridized carbons (Fsp3) is 0.714. The molecule has 0 radical (unpaired) electrons. The van der Waals surface area contributed by atoms with Gasteiger partial charge in [-0.2, -0.15) is 25.8 Å². The number of halogens is 3. The van der Waals surface area contributed by atoms with Crippen LogP contribution in [-0.2, 0) is 9.59 Å². The summed E-state index contributed by atoms with van der Waals surface area (Å²) < 4.78 is 35.2. The number of carbonyl (C=O) groups is 2. The van der Waals surface area contributed by atoms with Crippen molar-refractivity contribution in [1.29, 1.82) is 0 Å². The Kier molecular flexibility index (Phi) is 5.48. The van der Waals surface area contributed by atoms with Crippen molar-refractivity contribution in [1.82, 2.24) is 10.6 Å². The molecule has 0 aliphatic rings. The van der Waals surface area contributed by atoms with E-state index in [1.165, 1.54) is 0 Å². The molecule has 0 bridgehead atoms. The molecule has 0 aliphatic heterocycles. The highest BCUT2D eigenvalue weighted by molar-refractivity contribution is 7.80. The molecule has 0 aromatic rings. The van der Waals surface area contributed by atoms with Crippen molar-refractivity contribution in [3.05, 3.63) is 0 Å². The van der Waals surface area contributed by atoms with Gasteiger partial charge in [-0.15, -0.1) is 0 Å². The molecule has 15 heavy (non-hydrogen) atoms. The maximum absolute atomic E-state index is 11.7. The van der Waals surface area contributed by atoms with E-state index in [9.17, 15) is 22.8 Å². The Morgan fingerprint density at radius 2 is 1.93 bits per heavy atom. The van der Waals surface area contributed by atoms with Crippen LogP contribution in [0.15, 0.2) is 0 Å². The Hall–Kier alpha value is -0.920. The fourth-order valence-electron chi connectivity index (χ4n) is 0.750. The molecule has 0 rings (SSSR count). The number of nitrogens with one attached hydrogen (secondary N) is 2. The van der Waals surface area contributed by atoms with Crippen molar-refractivity contribution >= 4 is 24.4 Å². The number of alkyl halides is 3. The van der Waals surface area contributed by atoms with Crippen LogP contribution in [0.3, 0.4) is 0 Å². The number of amides is 2. The third-order valence-electron chi connectivity index (χ3n) is 1.34. The van der Waals surface area contributed by atoms with Crippen molar-refractivity contribution in [3.63, 3.8) is 0 Å². The van der Waals surface area contributed by atoms with E-state index in [1.54, 1.807) is 5.32 Å². The van der Waals surface area contributed by atoms with E-state index >= 15 is 0 Å². The first-order valence-electron chi connectivity index (χ1n) is 3.98. The molecule has 1 atom stereocenters. The minimum Gasteiger partial charge on any atom is -0.345 e. The molecular weight excluding hydrogens is 233 g/mol.